The van der Waals surface area contributed by atoms with Crippen molar-refractivity contribution < 1.29 is 0 Å². The van der Waals surface area contributed by atoms with E-state index < -0.39 is 0 Å². The molecule has 0 saturated heterocycles. The smallest absolute Gasteiger partial charge is 0.134 e. The molecule has 0 atom stereocenters. The first-order chi connectivity index (χ1) is 4.83. The van der Waals surface area contributed by atoms with Gasteiger partial charge in [-0.15, -0.1) is 6.58 Å². The molecule has 0 aromatic carbocycles. The zero-order chi connectivity index (χ0) is 7.40. The summed E-state index contributed by atoms with van der Waals surface area (Å²) in [4.78, 5) is 7.93. The third-order valence-corrected chi connectivity index (χ3v) is 1.05. The van der Waals surface area contributed by atoms with Crippen LogP contribution >= 0.6 is 0 Å². The van der Waals surface area contributed by atoms with Gasteiger partial charge in [0.05, 0.1) is 0 Å². The van der Waals surface area contributed by atoms with Crippen LogP contribution in [0.2, 0.25) is 0 Å². The van der Waals surface area contributed by atoms with E-state index in [1.54, 1.807) is 18.3 Å². The second-order valence-electron chi connectivity index (χ2n) is 1.89. The van der Waals surface area contributed by atoms with Gasteiger partial charge in [-0.2, -0.15) is 0 Å². The Hall–Kier alpha value is -1.38. The van der Waals surface area contributed by atoms with Crippen molar-refractivity contribution in [1.29, 1.82) is 0 Å². The third kappa shape index (κ3) is 1.55. The van der Waals surface area contributed by atoms with Crippen molar-refractivity contribution in [3.05, 3.63) is 30.7 Å². The fraction of sp³-hybridized carbons (Fsp3) is 0.143. The second-order valence-corrected chi connectivity index (χ2v) is 1.89. The van der Waals surface area contributed by atoms with Crippen LogP contribution in [-0.2, 0) is 6.42 Å². The lowest BCUT2D eigenvalue weighted by Gasteiger charge is -1.94. The van der Waals surface area contributed by atoms with Crippen molar-refractivity contribution in [2.45, 2.75) is 6.42 Å². The molecular formula is C7H9N3. The quantitative estimate of drug-likeness (QED) is 0.610. The molecule has 0 saturated carbocycles. The number of nitrogen functional groups attached to an aromatic ring is 1. The monoisotopic (exact) mass is 135 g/mol. The molecule has 3 heteroatoms. The maximum Gasteiger partial charge on any atom is 0.134 e. The number of aromatic nitrogens is 2. The van der Waals surface area contributed by atoms with E-state index in [2.05, 4.69) is 16.5 Å². The number of nitrogens with zero attached hydrogens (tertiary/aromatic N) is 2. The number of nitrogens with two attached hydrogens (primary N) is 1. The number of anilines is 1. The summed E-state index contributed by atoms with van der Waals surface area (Å²) < 4.78 is 0. The van der Waals surface area contributed by atoms with Crippen molar-refractivity contribution in [2.24, 2.45) is 0 Å². The Kier molecular flexibility index (Phi) is 1.99. The zero-order valence-electron chi connectivity index (χ0n) is 5.62. The Balaban J connectivity index is 2.84. The maximum atomic E-state index is 5.40. The van der Waals surface area contributed by atoms with Crippen LogP contribution in [0.1, 0.15) is 5.82 Å². The van der Waals surface area contributed by atoms with Gasteiger partial charge in [-0.05, 0) is 6.07 Å². The van der Waals surface area contributed by atoms with Gasteiger partial charge < -0.3 is 5.73 Å². The highest BCUT2D eigenvalue weighted by Gasteiger charge is 1.91. The van der Waals surface area contributed by atoms with Crippen molar-refractivity contribution in [2.75, 3.05) is 5.73 Å². The SMILES string of the molecule is C=CCc1nccc(N)n1. The highest BCUT2D eigenvalue weighted by molar-refractivity contribution is 5.25. The average molecular weight is 135 g/mol. The summed E-state index contributed by atoms with van der Waals surface area (Å²) in [6.45, 7) is 3.56. The van der Waals surface area contributed by atoms with Gasteiger partial charge in [-0.3, -0.25) is 0 Å². The van der Waals surface area contributed by atoms with Crippen LogP contribution < -0.4 is 5.73 Å². The summed E-state index contributed by atoms with van der Waals surface area (Å²) in [5.74, 6) is 1.22. The van der Waals surface area contributed by atoms with E-state index in [4.69, 9.17) is 5.73 Å². The summed E-state index contributed by atoms with van der Waals surface area (Å²) in [7, 11) is 0. The fourth-order valence-corrected chi connectivity index (χ4v) is 0.642. The van der Waals surface area contributed by atoms with Crippen LogP contribution in [0.3, 0.4) is 0 Å². The molecule has 0 fully saturated rings. The van der Waals surface area contributed by atoms with E-state index in [0.717, 1.165) is 5.82 Å². The summed E-state index contributed by atoms with van der Waals surface area (Å²) in [5.41, 5.74) is 5.40. The normalized spacial score (nSPS) is 9.20. The molecule has 1 aromatic heterocycles. The molecule has 0 amide bonds. The molecule has 2 N–H and O–H groups in total. The topological polar surface area (TPSA) is 51.8 Å². The first-order valence-corrected chi connectivity index (χ1v) is 3.01. The van der Waals surface area contributed by atoms with Crippen molar-refractivity contribution in [3.63, 3.8) is 0 Å². The molecule has 1 heterocycles. The Morgan fingerprint density at radius 1 is 1.70 bits per heavy atom. The highest BCUT2D eigenvalue weighted by Crippen LogP contribution is 1.96. The fourth-order valence-electron chi connectivity index (χ4n) is 0.642. The minimum atomic E-state index is 0.506. The second kappa shape index (κ2) is 2.96. The van der Waals surface area contributed by atoms with E-state index in [1.807, 2.05) is 0 Å². The summed E-state index contributed by atoms with van der Waals surface area (Å²) in [5, 5.41) is 0. The zero-order valence-corrected chi connectivity index (χ0v) is 5.62. The van der Waals surface area contributed by atoms with Gasteiger partial charge in [-0.25, -0.2) is 9.97 Å². The molecule has 0 aliphatic heterocycles. The standard InChI is InChI=1S/C7H9N3/c1-2-3-7-9-5-4-6(8)10-7/h2,4-5H,1,3H2,(H2,8,9,10). The minimum absolute atomic E-state index is 0.506. The third-order valence-electron chi connectivity index (χ3n) is 1.05. The number of allylic oxidation sites excluding steroid dienone is 1. The predicted octanol–water partition coefficient (Wildman–Crippen LogP) is 0.787. The van der Waals surface area contributed by atoms with Gasteiger partial charge >= 0.3 is 0 Å². The molecule has 0 unspecified atom stereocenters. The van der Waals surface area contributed by atoms with Crippen LogP contribution in [0.4, 0.5) is 5.82 Å². The molecule has 1 rings (SSSR count). The summed E-state index contributed by atoms with van der Waals surface area (Å²) >= 11 is 0. The molecule has 0 radical (unpaired) electrons. The van der Waals surface area contributed by atoms with Gasteiger partial charge in [0.25, 0.3) is 0 Å². The summed E-state index contributed by atoms with van der Waals surface area (Å²) in [6.07, 6.45) is 4.06. The Labute approximate surface area is 59.6 Å². The molecule has 52 valence electrons. The van der Waals surface area contributed by atoms with Crippen molar-refractivity contribution >= 4 is 5.82 Å². The van der Waals surface area contributed by atoms with E-state index in [1.165, 1.54) is 0 Å². The Bertz CT molecular complexity index is 232. The van der Waals surface area contributed by atoms with E-state index >= 15 is 0 Å². The summed E-state index contributed by atoms with van der Waals surface area (Å²) in [6, 6.07) is 1.66. The molecule has 0 aliphatic rings. The highest BCUT2D eigenvalue weighted by atomic mass is 14.9. The van der Waals surface area contributed by atoms with Crippen molar-refractivity contribution in [3.8, 4) is 0 Å². The van der Waals surface area contributed by atoms with Crippen LogP contribution in [0, 0.1) is 0 Å². The van der Waals surface area contributed by atoms with Gasteiger partial charge in [0.2, 0.25) is 0 Å². The molecular weight excluding hydrogens is 126 g/mol. The lowest BCUT2D eigenvalue weighted by molar-refractivity contribution is 0.997. The minimum Gasteiger partial charge on any atom is -0.384 e. The molecule has 0 bridgehead atoms. The molecule has 0 aliphatic carbocycles. The lowest BCUT2D eigenvalue weighted by atomic mass is 10.4. The number of hydrogen-bond acceptors (Lipinski definition) is 3. The maximum absolute atomic E-state index is 5.40. The van der Waals surface area contributed by atoms with Crippen LogP contribution in [0.15, 0.2) is 24.9 Å². The van der Waals surface area contributed by atoms with Gasteiger partial charge in [0, 0.05) is 12.6 Å². The van der Waals surface area contributed by atoms with Crippen LogP contribution in [0.25, 0.3) is 0 Å². The van der Waals surface area contributed by atoms with Gasteiger partial charge in [-0.1, -0.05) is 6.08 Å². The van der Waals surface area contributed by atoms with Crippen LogP contribution in [0.5, 0.6) is 0 Å². The van der Waals surface area contributed by atoms with Gasteiger partial charge in [0.1, 0.15) is 11.6 Å². The molecule has 1 aromatic rings. The molecule has 0 spiro atoms. The average Bonchev–Trinajstić information content (AvgIpc) is 1.88. The molecule has 10 heavy (non-hydrogen) atoms. The lowest BCUT2D eigenvalue weighted by Crippen LogP contribution is -1.96. The number of rotatable bonds is 2. The Morgan fingerprint density at radius 3 is 3.10 bits per heavy atom. The number of hydrogen-bond donors (Lipinski definition) is 1. The largest absolute Gasteiger partial charge is 0.384 e. The van der Waals surface area contributed by atoms with E-state index in [-0.39, 0.29) is 0 Å². The first-order valence-electron chi connectivity index (χ1n) is 3.01. The Morgan fingerprint density at radius 2 is 2.50 bits per heavy atom. The van der Waals surface area contributed by atoms with Crippen LogP contribution in [-0.4, -0.2) is 9.97 Å². The first kappa shape index (κ1) is 6.74. The van der Waals surface area contributed by atoms with E-state index in [9.17, 15) is 0 Å². The van der Waals surface area contributed by atoms with E-state index in [0.29, 0.717) is 12.2 Å². The van der Waals surface area contributed by atoms with Crippen molar-refractivity contribution in [1.82, 2.24) is 9.97 Å². The predicted molar refractivity (Wildman–Crippen MR) is 40.3 cm³/mol. The molecule has 3 nitrogen and oxygen atoms in total. The van der Waals surface area contributed by atoms with Gasteiger partial charge in [0.15, 0.2) is 0 Å².